The summed E-state index contributed by atoms with van der Waals surface area (Å²) in [5.74, 6) is 0. The van der Waals surface area contributed by atoms with Crippen molar-refractivity contribution < 1.29 is 4.92 Å². The van der Waals surface area contributed by atoms with Crippen molar-refractivity contribution in [3.8, 4) is 0 Å². The molecule has 0 saturated heterocycles. The molecule has 31 heavy (non-hydrogen) atoms. The first-order chi connectivity index (χ1) is 15.0. The van der Waals surface area contributed by atoms with Gasteiger partial charge in [0.2, 0.25) is 0 Å². The maximum atomic E-state index is 13.3. The average Bonchev–Trinajstić information content (AvgIpc) is 3.13. The SMILES string of the molecule is Cn1cc(C=Cc2c([N+](=O)[O-])c(=O)n(C3CCC3)c(=O)n2CCc2ccccc2)cn1. The van der Waals surface area contributed by atoms with E-state index in [1.807, 2.05) is 30.3 Å². The van der Waals surface area contributed by atoms with Gasteiger partial charge in [0, 0.05) is 31.4 Å². The van der Waals surface area contributed by atoms with Gasteiger partial charge in [-0.05, 0) is 43.4 Å². The molecule has 2 aromatic heterocycles. The summed E-state index contributed by atoms with van der Waals surface area (Å²) in [4.78, 5) is 37.5. The van der Waals surface area contributed by atoms with Crippen LogP contribution < -0.4 is 11.2 Å². The van der Waals surface area contributed by atoms with E-state index in [2.05, 4.69) is 5.10 Å². The van der Waals surface area contributed by atoms with Crippen LogP contribution in [0, 0.1) is 10.1 Å². The molecule has 1 saturated carbocycles. The minimum absolute atomic E-state index is 0.00959. The molecule has 160 valence electrons. The first-order valence-corrected chi connectivity index (χ1v) is 10.2. The summed E-state index contributed by atoms with van der Waals surface area (Å²) in [6, 6.07) is 9.30. The average molecular weight is 421 g/mol. The van der Waals surface area contributed by atoms with Gasteiger partial charge >= 0.3 is 16.9 Å². The molecule has 0 spiro atoms. The van der Waals surface area contributed by atoms with E-state index >= 15 is 0 Å². The molecular weight excluding hydrogens is 398 g/mol. The van der Waals surface area contributed by atoms with Crippen LogP contribution in [-0.4, -0.2) is 23.8 Å². The third-order valence-electron chi connectivity index (χ3n) is 5.64. The zero-order valence-corrected chi connectivity index (χ0v) is 17.2. The predicted octanol–water partition coefficient (Wildman–Crippen LogP) is 2.79. The topological polar surface area (TPSA) is 105 Å². The van der Waals surface area contributed by atoms with Gasteiger partial charge in [-0.1, -0.05) is 30.3 Å². The van der Waals surface area contributed by atoms with E-state index in [0.29, 0.717) is 24.8 Å². The van der Waals surface area contributed by atoms with Crippen LogP contribution in [0.2, 0.25) is 0 Å². The van der Waals surface area contributed by atoms with Gasteiger partial charge in [-0.15, -0.1) is 0 Å². The van der Waals surface area contributed by atoms with Crippen molar-refractivity contribution >= 4 is 17.8 Å². The van der Waals surface area contributed by atoms with Gasteiger partial charge in [0.15, 0.2) is 0 Å². The van der Waals surface area contributed by atoms with Crippen LogP contribution in [0.3, 0.4) is 0 Å². The lowest BCUT2D eigenvalue weighted by molar-refractivity contribution is -0.387. The Morgan fingerprint density at radius 3 is 2.52 bits per heavy atom. The summed E-state index contributed by atoms with van der Waals surface area (Å²) in [5, 5.41) is 16.0. The van der Waals surface area contributed by atoms with Crippen LogP contribution in [-0.2, 0) is 20.0 Å². The van der Waals surface area contributed by atoms with E-state index < -0.39 is 21.9 Å². The molecule has 0 bridgehead atoms. The normalized spacial score (nSPS) is 14.1. The number of hydrogen-bond acceptors (Lipinski definition) is 5. The molecule has 1 aromatic carbocycles. The predicted molar refractivity (Wildman–Crippen MR) is 117 cm³/mol. The molecule has 9 nitrogen and oxygen atoms in total. The second kappa shape index (κ2) is 8.55. The third kappa shape index (κ3) is 4.11. The van der Waals surface area contributed by atoms with E-state index in [1.54, 1.807) is 30.2 Å². The highest BCUT2D eigenvalue weighted by Crippen LogP contribution is 2.30. The van der Waals surface area contributed by atoms with E-state index in [-0.39, 0.29) is 18.3 Å². The Balaban J connectivity index is 1.86. The zero-order chi connectivity index (χ0) is 22.0. The van der Waals surface area contributed by atoms with Crippen molar-refractivity contribution in [2.24, 2.45) is 7.05 Å². The van der Waals surface area contributed by atoms with Gasteiger partial charge in [-0.2, -0.15) is 5.10 Å². The minimum Gasteiger partial charge on any atom is -0.287 e. The fraction of sp³-hybridized carbons (Fsp3) is 0.318. The Morgan fingerprint density at radius 1 is 1.19 bits per heavy atom. The van der Waals surface area contributed by atoms with E-state index in [4.69, 9.17) is 0 Å². The Bertz CT molecular complexity index is 1250. The summed E-state index contributed by atoms with van der Waals surface area (Å²) >= 11 is 0. The fourth-order valence-electron chi connectivity index (χ4n) is 3.78. The molecule has 0 atom stereocenters. The van der Waals surface area contributed by atoms with Crippen molar-refractivity contribution in [2.45, 2.75) is 38.3 Å². The van der Waals surface area contributed by atoms with Gasteiger partial charge < -0.3 is 0 Å². The minimum atomic E-state index is -0.832. The second-order valence-corrected chi connectivity index (χ2v) is 7.70. The number of aryl methyl sites for hydroxylation is 2. The van der Waals surface area contributed by atoms with Gasteiger partial charge in [0.05, 0.1) is 11.1 Å². The van der Waals surface area contributed by atoms with Crippen LogP contribution in [0.1, 0.15) is 42.1 Å². The third-order valence-corrected chi connectivity index (χ3v) is 5.64. The molecule has 0 N–H and O–H groups in total. The first kappa shape index (κ1) is 20.5. The van der Waals surface area contributed by atoms with Gasteiger partial charge in [0.1, 0.15) is 5.69 Å². The lowest BCUT2D eigenvalue weighted by Crippen LogP contribution is -2.46. The molecule has 4 rings (SSSR count). The van der Waals surface area contributed by atoms with E-state index in [1.165, 1.54) is 10.6 Å². The quantitative estimate of drug-likeness (QED) is 0.431. The molecular formula is C22H23N5O4. The van der Waals surface area contributed by atoms with E-state index in [0.717, 1.165) is 16.6 Å². The lowest BCUT2D eigenvalue weighted by Gasteiger charge is -2.27. The molecule has 0 radical (unpaired) electrons. The Kier molecular flexibility index (Phi) is 5.66. The molecule has 1 fully saturated rings. The first-order valence-electron chi connectivity index (χ1n) is 10.2. The zero-order valence-electron chi connectivity index (χ0n) is 17.2. The molecule has 1 aliphatic rings. The highest BCUT2D eigenvalue weighted by molar-refractivity contribution is 5.71. The maximum Gasteiger partial charge on any atom is 0.357 e. The second-order valence-electron chi connectivity index (χ2n) is 7.70. The van der Waals surface area contributed by atoms with Crippen molar-refractivity contribution in [1.29, 1.82) is 0 Å². The monoisotopic (exact) mass is 421 g/mol. The number of hydrogen-bond donors (Lipinski definition) is 0. The highest BCUT2D eigenvalue weighted by atomic mass is 16.6. The van der Waals surface area contributed by atoms with Gasteiger partial charge in [0.25, 0.3) is 0 Å². The van der Waals surface area contributed by atoms with Crippen molar-refractivity contribution in [3.63, 3.8) is 0 Å². The molecule has 0 unspecified atom stereocenters. The largest absolute Gasteiger partial charge is 0.357 e. The number of aromatic nitrogens is 4. The number of benzene rings is 1. The summed E-state index contributed by atoms with van der Waals surface area (Å²) < 4.78 is 4.04. The molecule has 9 heteroatoms. The molecule has 0 amide bonds. The highest BCUT2D eigenvalue weighted by Gasteiger charge is 2.31. The summed E-state index contributed by atoms with van der Waals surface area (Å²) in [7, 11) is 1.76. The molecule has 0 aliphatic heterocycles. The smallest absolute Gasteiger partial charge is 0.287 e. The van der Waals surface area contributed by atoms with Crippen molar-refractivity contribution in [1.82, 2.24) is 18.9 Å². The lowest BCUT2D eigenvalue weighted by atomic mass is 9.93. The summed E-state index contributed by atoms with van der Waals surface area (Å²) in [5.41, 5.74) is -0.179. The van der Waals surface area contributed by atoms with Crippen molar-refractivity contribution in [3.05, 3.63) is 90.5 Å². The van der Waals surface area contributed by atoms with Crippen LogP contribution in [0.4, 0.5) is 5.69 Å². The standard InChI is InChI=1S/C22H23N5O4/c1-24-15-17(14-23-24)10-11-19-20(27(30)31)21(28)26(18-8-5-9-18)22(29)25(19)13-12-16-6-3-2-4-7-16/h2-4,6-7,10-11,14-15,18H,5,8-9,12-13H2,1H3. The van der Waals surface area contributed by atoms with Crippen LogP contribution in [0.15, 0.2) is 52.3 Å². The number of rotatable bonds is 7. The Labute approximate surface area is 178 Å². The Hall–Kier alpha value is -3.75. The van der Waals surface area contributed by atoms with E-state index in [9.17, 15) is 19.7 Å². The van der Waals surface area contributed by atoms with Gasteiger partial charge in [-0.25, -0.2) is 4.79 Å². The summed E-state index contributed by atoms with van der Waals surface area (Å²) in [6.45, 7) is 0.226. The van der Waals surface area contributed by atoms with Crippen molar-refractivity contribution in [2.75, 3.05) is 0 Å². The number of nitrogens with zero attached hydrogens (tertiary/aromatic N) is 5. The number of nitro groups is 1. The summed E-state index contributed by atoms with van der Waals surface area (Å²) in [6.07, 6.45) is 9.20. The molecule has 2 heterocycles. The molecule has 1 aliphatic carbocycles. The Morgan fingerprint density at radius 2 is 1.94 bits per heavy atom. The van der Waals surface area contributed by atoms with Crippen LogP contribution >= 0.6 is 0 Å². The van der Waals surface area contributed by atoms with Crippen LogP contribution in [0.5, 0.6) is 0 Å². The van der Waals surface area contributed by atoms with Crippen LogP contribution in [0.25, 0.3) is 12.2 Å². The molecule has 3 aromatic rings. The van der Waals surface area contributed by atoms with Gasteiger partial charge in [-0.3, -0.25) is 28.7 Å². The maximum absolute atomic E-state index is 13.3. The fourth-order valence-corrected chi connectivity index (χ4v) is 3.78.